The van der Waals surface area contributed by atoms with Gasteiger partial charge in [-0.05, 0) is 25.7 Å². The lowest BCUT2D eigenvalue weighted by molar-refractivity contribution is -0.137. The molecule has 0 aliphatic heterocycles. The van der Waals surface area contributed by atoms with Crippen LogP contribution in [0.2, 0.25) is 0 Å². The summed E-state index contributed by atoms with van der Waals surface area (Å²) in [4.78, 5) is 23.2. The van der Waals surface area contributed by atoms with E-state index in [0.717, 1.165) is 6.42 Å². The van der Waals surface area contributed by atoms with Gasteiger partial charge in [0.2, 0.25) is 0 Å². The molecule has 1 fully saturated rings. The van der Waals surface area contributed by atoms with E-state index in [1.54, 1.807) is 0 Å². The van der Waals surface area contributed by atoms with E-state index in [1.165, 1.54) is 0 Å². The predicted octanol–water partition coefficient (Wildman–Crippen LogP) is 3.25. The van der Waals surface area contributed by atoms with Gasteiger partial charge in [-0.3, -0.25) is 9.59 Å². The zero-order valence-corrected chi connectivity index (χ0v) is 14.6. The largest absolute Gasteiger partial charge is 0.481 e. The zero-order chi connectivity index (χ0) is 25.0. The van der Waals surface area contributed by atoms with Gasteiger partial charge in [-0.25, -0.2) is 0 Å². The van der Waals surface area contributed by atoms with Crippen LogP contribution in [-0.4, -0.2) is 39.2 Å². The molecule has 0 saturated heterocycles. The third-order valence-corrected chi connectivity index (χ3v) is 3.78. The van der Waals surface area contributed by atoms with Crippen LogP contribution in [0, 0.1) is 11.8 Å². The number of unbranched alkanes of at least 4 members (excludes halogenated alkanes) is 2. The van der Waals surface area contributed by atoms with Crippen molar-refractivity contribution in [2.75, 3.05) is 0 Å². The van der Waals surface area contributed by atoms with Crippen LogP contribution in [0.5, 0.6) is 0 Å². The Bertz CT molecular complexity index is 780. The van der Waals surface area contributed by atoms with Gasteiger partial charge < -0.3 is 15.3 Å². The van der Waals surface area contributed by atoms with Gasteiger partial charge in [-0.2, -0.15) is 0 Å². The Morgan fingerprint density at radius 1 is 1.44 bits per heavy atom. The number of ketones is 1. The SMILES string of the molecule is [3H]C(=C[C@]1([3H])[C@@]([3H])(C/C([3H])=C(/[3H])CCCC(=O)O)C(=O)C[C@@]1([3H])O)[C@@]([3H])(O)CCCCC. The van der Waals surface area contributed by atoms with E-state index >= 15 is 0 Å². The molecule has 0 bridgehead atoms. The lowest BCUT2D eigenvalue weighted by atomic mass is 9.90. The second-order valence-corrected chi connectivity index (χ2v) is 5.91. The normalized spacial score (nSPS) is 40.5. The molecule has 0 aromatic carbocycles. The summed E-state index contributed by atoms with van der Waals surface area (Å²) in [5.41, 5.74) is 0. The van der Waals surface area contributed by atoms with Crippen LogP contribution in [0.3, 0.4) is 0 Å². The predicted molar refractivity (Wildman–Crippen MR) is 97.1 cm³/mol. The van der Waals surface area contributed by atoms with Gasteiger partial charge in [-0.15, -0.1) is 0 Å². The van der Waals surface area contributed by atoms with Crippen molar-refractivity contribution in [1.29, 1.82) is 0 Å². The van der Waals surface area contributed by atoms with Crippen LogP contribution in [0.15, 0.2) is 24.2 Å². The van der Waals surface area contributed by atoms with Gasteiger partial charge in [-0.1, -0.05) is 50.4 Å². The number of hydrogen-bond acceptors (Lipinski definition) is 4. The number of rotatable bonds is 12. The van der Waals surface area contributed by atoms with Crippen molar-refractivity contribution in [2.24, 2.45) is 11.8 Å². The summed E-state index contributed by atoms with van der Waals surface area (Å²) in [6.07, 6.45) is -4.96. The molecule has 0 spiro atoms. The molecule has 0 aromatic heterocycles. The summed E-state index contributed by atoms with van der Waals surface area (Å²) in [5, 5.41) is 29.5. The molecule has 5 nitrogen and oxygen atoms in total. The number of carboxylic acid groups (broad SMARTS) is 1. The minimum atomic E-state index is -2.84. The van der Waals surface area contributed by atoms with Gasteiger partial charge in [0.15, 0.2) is 0 Å². The average Bonchev–Trinajstić information content (AvgIpc) is 2.78. The van der Waals surface area contributed by atoms with Gasteiger partial charge in [0.25, 0.3) is 0 Å². The third kappa shape index (κ3) is 8.45. The topological polar surface area (TPSA) is 94.8 Å². The van der Waals surface area contributed by atoms with E-state index in [0.29, 0.717) is 18.9 Å². The van der Waals surface area contributed by atoms with Gasteiger partial charge in [0.1, 0.15) is 5.78 Å². The van der Waals surface area contributed by atoms with Crippen molar-refractivity contribution in [3.05, 3.63) is 24.2 Å². The Labute approximate surface area is 160 Å². The monoisotopic (exact) mass is 366 g/mol. The van der Waals surface area contributed by atoms with Crippen molar-refractivity contribution < 1.29 is 34.5 Å². The standard InChI is InChI=1S/C20H32O5/c1-2-3-6-9-15(21)12-13-17-16(18(22)14-19(17)23)10-7-4-5-8-11-20(24)25/h4,7,12-13,15-17,19,21,23H,2-3,5-6,8-11,14H2,1H3,(H,24,25)/b7-4-,13-12?/t15-,16+,17+,19+/m0/s1/i4T,7T,12T,15T,16T,17T,19T. The number of aliphatic hydroxyl groups is 2. The quantitative estimate of drug-likeness (QED) is 0.364. The van der Waals surface area contributed by atoms with Gasteiger partial charge >= 0.3 is 5.97 Å². The van der Waals surface area contributed by atoms with E-state index < -0.39 is 60.6 Å². The summed E-state index contributed by atoms with van der Waals surface area (Å²) < 4.78 is 57.4. The lowest BCUT2D eigenvalue weighted by Crippen LogP contribution is -2.18. The van der Waals surface area contributed by atoms with Crippen LogP contribution < -0.4 is 0 Å². The first kappa shape index (κ1) is 12.8. The second kappa shape index (κ2) is 12.0. The summed E-state index contributed by atoms with van der Waals surface area (Å²) >= 11 is 0. The first-order valence-electron chi connectivity index (χ1n) is 12.1. The molecular weight excluding hydrogens is 320 g/mol. The fourth-order valence-electron chi connectivity index (χ4n) is 2.38. The summed E-state index contributed by atoms with van der Waals surface area (Å²) in [6, 6.07) is -1.68. The molecule has 4 atom stereocenters. The summed E-state index contributed by atoms with van der Waals surface area (Å²) in [7, 11) is 0. The summed E-state index contributed by atoms with van der Waals surface area (Å²) in [6.45, 7) is 1.91. The molecule has 1 aliphatic carbocycles. The van der Waals surface area contributed by atoms with E-state index in [2.05, 4.69) is 0 Å². The van der Waals surface area contributed by atoms with E-state index in [9.17, 15) is 19.8 Å². The number of hydrogen-bond donors (Lipinski definition) is 3. The number of allylic oxidation sites excluding steroid dienone is 2. The maximum absolute atomic E-state index is 12.6. The fourth-order valence-corrected chi connectivity index (χ4v) is 2.38. The first-order chi connectivity index (χ1) is 14.5. The van der Waals surface area contributed by atoms with E-state index in [-0.39, 0.29) is 31.7 Å². The van der Waals surface area contributed by atoms with E-state index in [1.807, 2.05) is 6.92 Å². The molecule has 0 heterocycles. The highest BCUT2D eigenvalue weighted by atomic mass is 16.4. The lowest BCUT2D eigenvalue weighted by Gasteiger charge is -2.16. The minimum absolute atomic E-state index is 0.0598. The molecule has 1 rings (SSSR count). The number of carboxylic acids is 1. The molecular formula is C20H32O5. The van der Waals surface area contributed by atoms with Crippen molar-refractivity contribution >= 4 is 11.8 Å². The maximum Gasteiger partial charge on any atom is 0.303 e. The van der Waals surface area contributed by atoms with Crippen molar-refractivity contribution in [3.8, 4) is 0 Å². The molecule has 0 amide bonds. The van der Waals surface area contributed by atoms with Gasteiger partial charge in [0, 0.05) is 27.4 Å². The zero-order valence-electron chi connectivity index (χ0n) is 21.6. The highest BCUT2D eigenvalue weighted by Gasteiger charge is 2.39. The molecule has 1 saturated carbocycles. The third-order valence-electron chi connectivity index (χ3n) is 3.78. The van der Waals surface area contributed by atoms with Crippen LogP contribution in [-0.2, 0) is 9.59 Å². The first-order valence-corrected chi connectivity index (χ1v) is 8.59. The van der Waals surface area contributed by atoms with Crippen LogP contribution in [0.4, 0.5) is 0 Å². The molecule has 3 N–H and O–H groups in total. The molecule has 0 aromatic rings. The molecule has 25 heavy (non-hydrogen) atoms. The minimum Gasteiger partial charge on any atom is -0.481 e. The van der Waals surface area contributed by atoms with E-state index in [4.69, 9.17) is 14.7 Å². The smallest absolute Gasteiger partial charge is 0.303 e. The number of aliphatic carboxylic acids is 1. The number of carbonyl (C=O) groups excluding carboxylic acids is 1. The van der Waals surface area contributed by atoms with Crippen LogP contribution >= 0.6 is 0 Å². The molecule has 1 aliphatic rings. The summed E-state index contributed by atoms with van der Waals surface area (Å²) in [5.74, 6) is -7.49. The van der Waals surface area contributed by atoms with Crippen molar-refractivity contribution in [1.82, 2.24) is 0 Å². The Kier molecular flexibility index (Phi) is 6.15. The highest BCUT2D eigenvalue weighted by Crippen LogP contribution is 2.33. The highest BCUT2D eigenvalue weighted by molar-refractivity contribution is 5.84. The molecule has 142 valence electrons. The molecule has 0 radical (unpaired) electrons. The van der Waals surface area contributed by atoms with Crippen LogP contribution in [0.25, 0.3) is 0 Å². The molecule has 0 unspecified atom stereocenters. The second-order valence-electron chi connectivity index (χ2n) is 5.91. The molecule has 5 heteroatoms. The fraction of sp³-hybridized carbons (Fsp3) is 0.700. The number of Topliss-reactive ketones (excluding diaryl/α,β-unsaturated/α-hetero) is 1. The van der Waals surface area contributed by atoms with Crippen molar-refractivity contribution in [2.45, 2.75) is 76.9 Å². The average molecular weight is 367 g/mol. The van der Waals surface area contributed by atoms with Crippen LogP contribution in [0.1, 0.15) is 74.3 Å². The van der Waals surface area contributed by atoms with Crippen molar-refractivity contribution in [3.63, 3.8) is 0 Å². The Hall–Kier alpha value is -1.46. The Morgan fingerprint density at radius 2 is 2.20 bits per heavy atom. The Morgan fingerprint density at radius 3 is 2.88 bits per heavy atom. The maximum atomic E-state index is 12.6. The number of carbonyl (C=O) groups is 2. The van der Waals surface area contributed by atoms with Gasteiger partial charge in [0.05, 0.1) is 19.0 Å². The Balaban J connectivity index is 3.31.